The van der Waals surface area contributed by atoms with Crippen molar-refractivity contribution in [3.8, 4) is 6.07 Å². The van der Waals surface area contributed by atoms with Crippen LogP contribution in [0.5, 0.6) is 0 Å². The zero-order valence-electron chi connectivity index (χ0n) is 10.7. The Morgan fingerprint density at radius 2 is 2.22 bits per heavy atom. The van der Waals surface area contributed by atoms with Gasteiger partial charge >= 0.3 is 0 Å². The van der Waals surface area contributed by atoms with E-state index in [9.17, 15) is 10.1 Å². The number of anilines is 1. The van der Waals surface area contributed by atoms with Gasteiger partial charge in [-0.3, -0.25) is 4.79 Å². The van der Waals surface area contributed by atoms with E-state index >= 15 is 0 Å². The highest BCUT2D eigenvalue weighted by atomic mass is 16.1. The summed E-state index contributed by atoms with van der Waals surface area (Å²) in [5.74, 6) is 0.759. The van der Waals surface area contributed by atoms with Gasteiger partial charge in [0.15, 0.2) is 0 Å². The zero-order chi connectivity index (χ0) is 13.0. The first kappa shape index (κ1) is 12.6. The lowest BCUT2D eigenvalue weighted by Crippen LogP contribution is -2.25. The number of benzene rings is 1. The number of carbonyl (C=O) groups excluding carboxylic acids is 1. The molecule has 1 aromatic carbocycles. The second-order valence-corrected chi connectivity index (χ2v) is 5.03. The quantitative estimate of drug-likeness (QED) is 0.749. The molecule has 0 amide bonds. The number of hydrogen-bond acceptors (Lipinski definition) is 3. The standard InChI is InChI=1S/C15H18N2O/c1-12-3-2-7-17(8-6-12)15-5-4-13(11-18)9-14(15)10-16/h4-5,9,11-12H,2-3,6-8H2,1H3. The molecule has 0 aromatic heterocycles. The fourth-order valence-corrected chi connectivity index (χ4v) is 2.50. The van der Waals surface area contributed by atoms with Crippen LogP contribution in [0.2, 0.25) is 0 Å². The molecule has 1 atom stereocenters. The second-order valence-electron chi connectivity index (χ2n) is 5.03. The largest absolute Gasteiger partial charge is 0.370 e. The topological polar surface area (TPSA) is 44.1 Å². The van der Waals surface area contributed by atoms with Gasteiger partial charge in [0.25, 0.3) is 0 Å². The molecule has 1 heterocycles. The van der Waals surface area contributed by atoms with E-state index in [2.05, 4.69) is 17.9 Å². The first-order chi connectivity index (χ1) is 8.74. The summed E-state index contributed by atoms with van der Waals surface area (Å²) in [4.78, 5) is 13.0. The molecule has 1 fully saturated rings. The van der Waals surface area contributed by atoms with E-state index in [4.69, 9.17) is 0 Å². The molecule has 3 heteroatoms. The van der Waals surface area contributed by atoms with Gasteiger partial charge in [-0.25, -0.2) is 0 Å². The van der Waals surface area contributed by atoms with Crippen LogP contribution >= 0.6 is 0 Å². The van der Waals surface area contributed by atoms with Crippen molar-refractivity contribution in [3.05, 3.63) is 29.3 Å². The fourth-order valence-electron chi connectivity index (χ4n) is 2.50. The molecule has 3 nitrogen and oxygen atoms in total. The van der Waals surface area contributed by atoms with Crippen LogP contribution in [0.15, 0.2) is 18.2 Å². The Morgan fingerprint density at radius 1 is 1.39 bits per heavy atom. The van der Waals surface area contributed by atoms with Crippen LogP contribution in [0.3, 0.4) is 0 Å². The van der Waals surface area contributed by atoms with Crippen molar-refractivity contribution in [2.45, 2.75) is 26.2 Å². The van der Waals surface area contributed by atoms with Crippen LogP contribution < -0.4 is 4.90 Å². The van der Waals surface area contributed by atoms with Crippen molar-refractivity contribution in [2.24, 2.45) is 5.92 Å². The minimum absolute atomic E-state index is 0.568. The summed E-state index contributed by atoms with van der Waals surface area (Å²) >= 11 is 0. The molecular formula is C15H18N2O. The van der Waals surface area contributed by atoms with Gasteiger partial charge < -0.3 is 4.90 Å². The van der Waals surface area contributed by atoms with Crippen LogP contribution in [0, 0.1) is 17.2 Å². The summed E-state index contributed by atoms with van der Waals surface area (Å²) in [5.41, 5.74) is 2.14. The third-order valence-electron chi connectivity index (χ3n) is 3.63. The molecule has 18 heavy (non-hydrogen) atoms. The molecule has 0 bridgehead atoms. The summed E-state index contributed by atoms with van der Waals surface area (Å²) in [6.45, 7) is 4.28. The molecule has 0 N–H and O–H groups in total. The zero-order valence-corrected chi connectivity index (χ0v) is 10.7. The average molecular weight is 242 g/mol. The van der Waals surface area contributed by atoms with E-state index in [0.717, 1.165) is 31.0 Å². The van der Waals surface area contributed by atoms with Gasteiger partial charge in [0.2, 0.25) is 0 Å². The Balaban J connectivity index is 2.27. The molecule has 0 radical (unpaired) electrons. The van der Waals surface area contributed by atoms with Crippen LogP contribution in [-0.2, 0) is 0 Å². The number of rotatable bonds is 2. The smallest absolute Gasteiger partial charge is 0.150 e. The number of aldehydes is 1. The summed E-state index contributed by atoms with van der Waals surface area (Å²) in [6.07, 6.45) is 4.38. The number of carbonyl (C=O) groups is 1. The fraction of sp³-hybridized carbons (Fsp3) is 0.467. The van der Waals surface area contributed by atoms with Crippen LogP contribution in [0.25, 0.3) is 0 Å². The van der Waals surface area contributed by atoms with Gasteiger partial charge in [-0.2, -0.15) is 5.26 Å². The molecule has 1 aromatic rings. The van der Waals surface area contributed by atoms with Crippen LogP contribution in [0.4, 0.5) is 5.69 Å². The number of hydrogen-bond donors (Lipinski definition) is 0. The predicted molar refractivity (Wildman–Crippen MR) is 71.8 cm³/mol. The first-order valence-electron chi connectivity index (χ1n) is 6.49. The maximum atomic E-state index is 10.7. The van der Waals surface area contributed by atoms with Gasteiger partial charge in [0.1, 0.15) is 12.4 Å². The SMILES string of the molecule is CC1CCCN(c2ccc(C=O)cc2C#N)CC1. The van der Waals surface area contributed by atoms with Gasteiger partial charge in [0, 0.05) is 18.7 Å². The van der Waals surface area contributed by atoms with Gasteiger partial charge in [-0.1, -0.05) is 6.92 Å². The van der Waals surface area contributed by atoms with Crippen molar-refractivity contribution >= 4 is 12.0 Å². The number of nitriles is 1. The molecule has 94 valence electrons. The van der Waals surface area contributed by atoms with E-state index in [1.807, 2.05) is 6.07 Å². The molecule has 0 saturated carbocycles. The normalized spacial score (nSPS) is 20.0. The first-order valence-corrected chi connectivity index (χ1v) is 6.49. The third kappa shape index (κ3) is 2.70. The van der Waals surface area contributed by atoms with Crippen molar-refractivity contribution < 1.29 is 4.79 Å². The van der Waals surface area contributed by atoms with Crippen molar-refractivity contribution in [1.82, 2.24) is 0 Å². The third-order valence-corrected chi connectivity index (χ3v) is 3.63. The van der Waals surface area contributed by atoms with E-state index in [0.29, 0.717) is 11.1 Å². The molecular weight excluding hydrogens is 224 g/mol. The minimum Gasteiger partial charge on any atom is -0.370 e. The maximum absolute atomic E-state index is 10.7. The summed E-state index contributed by atoms with van der Waals surface area (Å²) in [7, 11) is 0. The minimum atomic E-state index is 0.568. The van der Waals surface area contributed by atoms with E-state index < -0.39 is 0 Å². The molecule has 1 saturated heterocycles. The predicted octanol–water partition coefficient (Wildman–Crippen LogP) is 3.00. The highest BCUT2D eigenvalue weighted by molar-refractivity contribution is 5.78. The molecule has 0 aliphatic carbocycles. The Hall–Kier alpha value is -1.82. The highest BCUT2D eigenvalue weighted by Gasteiger charge is 2.16. The van der Waals surface area contributed by atoms with Crippen molar-refractivity contribution in [2.75, 3.05) is 18.0 Å². The summed E-state index contributed by atoms with van der Waals surface area (Å²) < 4.78 is 0. The monoisotopic (exact) mass is 242 g/mol. The molecule has 0 spiro atoms. The molecule has 1 unspecified atom stereocenters. The Labute approximate surface area is 108 Å². The molecule has 1 aliphatic rings. The van der Waals surface area contributed by atoms with Crippen LogP contribution in [-0.4, -0.2) is 19.4 Å². The van der Waals surface area contributed by atoms with Gasteiger partial charge in [0.05, 0.1) is 11.3 Å². The number of nitrogens with zero attached hydrogens (tertiary/aromatic N) is 2. The molecule has 2 rings (SSSR count). The highest BCUT2D eigenvalue weighted by Crippen LogP contribution is 2.25. The second kappa shape index (κ2) is 5.68. The van der Waals surface area contributed by atoms with E-state index in [1.165, 1.54) is 19.3 Å². The summed E-state index contributed by atoms with van der Waals surface area (Å²) in [6, 6.07) is 7.57. The Bertz CT molecular complexity index is 476. The average Bonchev–Trinajstić information content (AvgIpc) is 2.62. The van der Waals surface area contributed by atoms with E-state index in [-0.39, 0.29) is 0 Å². The van der Waals surface area contributed by atoms with Gasteiger partial charge in [-0.05, 0) is 43.4 Å². The lowest BCUT2D eigenvalue weighted by molar-refractivity contribution is 0.112. The summed E-state index contributed by atoms with van der Waals surface area (Å²) in [5, 5.41) is 9.20. The maximum Gasteiger partial charge on any atom is 0.150 e. The lowest BCUT2D eigenvalue weighted by Gasteiger charge is -2.24. The van der Waals surface area contributed by atoms with Crippen LogP contribution in [0.1, 0.15) is 42.1 Å². The Morgan fingerprint density at radius 3 is 2.94 bits per heavy atom. The molecule has 1 aliphatic heterocycles. The van der Waals surface area contributed by atoms with Crippen molar-refractivity contribution in [3.63, 3.8) is 0 Å². The van der Waals surface area contributed by atoms with Gasteiger partial charge in [-0.15, -0.1) is 0 Å². The van der Waals surface area contributed by atoms with E-state index in [1.54, 1.807) is 12.1 Å². The lowest BCUT2D eigenvalue weighted by atomic mass is 10.0. The van der Waals surface area contributed by atoms with Crippen molar-refractivity contribution in [1.29, 1.82) is 5.26 Å². The Kier molecular flexibility index (Phi) is 3.99.